The van der Waals surface area contributed by atoms with E-state index in [1.807, 2.05) is 19.1 Å². The number of hydrogen-bond acceptors (Lipinski definition) is 2. The fourth-order valence-corrected chi connectivity index (χ4v) is 1.83. The van der Waals surface area contributed by atoms with Crippen molar-refractivity contribution >= 4 is 27.5 Å². The number of carbonyl (C=O) groups is 1. The van der Waals surface area contributed by atoms with Crippen LogP contribution < -0.4 is 5.32 Å². The van der Waals surface area contributed by atoms with Gasteiger partial charge >= 0.3 is 0 Å². The molecule has 0 radical (unpaired) electrons. The van der Waals surface area contributed by atoms with Crippen LogP contribution in [0.15, 0.2) is 40.9 Å². The Labute approximate surface area is 112 Å². The van der Waals surface area contributed by atoms with E-state index in [0.717, 1.165) is 10.0 Å². The zero-order valence-electron chi connectivity index (χ0n) is 9.58. The molecule has 0 spiro atoms. The Hall–Kier alpha value is -1.75. The lowest BCUT2D eigenvalue weighted by Gasteiger charge is -2.09. The van der Waals surface area contributed by atoms with Gasteiger partial charge < -0.3 is 5.32 Å². The van der Waals surface area contributed by atoms with Crippen molar-refractivity contribution in [3.05, 3.63) is 58.1 Å². The van der Waals surface area contributed by atoms with Gasteiger partial charge in [0.05, 0.1) is 0 Å². The molecular weight excluding hydrogens is 299 g/mol. The second-order valence-corrected chi connectivity index (χ2v) is 4.57. The Bertz CT molecular complexity index is 601. The molecule has 0 aliphatic rings. The van der Waals surface area contributed by atoms with Gasteiger partial charge in [0.1, 0.15) is 5.69 Å². The lowest BCUT2D eigenvalue weighted by Crippen LogP contribution is -2.14. The van der Waals surface area contributed by atoms with E-state index < -0.39 is 11.9 Å². The quantitative estimate of drug-likeness (QED) is 0.862. The molecule has 0 aliphatic carbocycles. The Morgan fingerprint density at radius 1 is 1.28 bits per heavy atom. The largest absolute Gasteiger partial charge is 0.320 e. The molecule has 0 atom stereocenters. The van der Waals surface area contributed by atoms with Crippen LogP contribution in [0.25, 0.3) is 0 Å². The van der Waals surface area contributed by atoms with Crippen molar-refractivity contribution in [3.63, 3.8) is 0 Å². The van der Waals surface area contributed by atoms with Gasteiger partial charge in [0.25, 0.3) is 5.91 Å². The van der Waals surface area contributed by atoms with Gasteiger partial charge in [-0.15, -0.1) is 0 Å². The summed E-state index contributed by atoms with van der Waals surface area (Å²) in [6.45, 7) is 1.87. The van der Waals surface area contributed by atoms with Crippen molar-refractivity contribution in [1.82, 2.24) is 4.98 Å². The first-order valence-electron chi connectivity index (χ1n) is 5.27. The highest BCUT2D eigenvalue weighted by molar-refractivity contribution is 9.10. The van der Waals surface area contributed by atoms with Crippen LogP contribution in [0.5, 0.6) is 0 Å². The van der Waals surface area contributed by atoms with E-state index in [1.165, 1.54) is 18.2 Å². The molecule has 2 rings (SSSR count). The van der Waals surface area contributed by atoms with Crippen LogP contribution in [0.3, 0.4) is 0 Å². The first-order chi connectivity index (χ1) is 8.58. The Morgan fingerprint density at radius 3 is 2.72 bits per heavy atom. The molecule has 0 bridgehead atoms. The average molecular weight is 309 g/mol. The van der Waals surface area contributed by atoms with Crippen molar-refractivity contribution in [2.24, 2.45) is 0 Å². The highest BCUT2D eigenvalue weighted by Gasteiger charge is 2.10. The molecule has 5 heteroatoms. The maximum absolute atomic E-state index is 12.9. The summed E-state index contributed by atoms with van der Waals surface area (Å²) in [6.07, 6.45) is 0. The number of carbonyl (C=O) groups excluding carboxylic acids is 1. The van der Waals surface area contributed by atoms with E-state index in [4.69, 9.17) is 0 Å². The third-order valence-corrected chi connectivity index (χ3v) is 3.32. The van der Waals surface area contributed by atoms with Crippen LogP contribution in [0, 0.1) is 12.9 Å². The zero-order chi connectivity index (χ0) is 13.1. The van der Waals surface area contributed by atoms with E-state index in [0.29, 0.717) is 5.69 Å². The van der Waals surface area contributed by atoms with Crippen molar-refractivity contribution in [2.45, 2.75) is 6.92 Å². The molecule has 3 nitrogen and oxygen atoms in total. The Balaban J connectivity index is 2.24. The fourth-order valence-electron chi connectivity index (χ4n) is 1.46. The minimum Gasteiger partial charge on any atom is -0.320 e. The molecule has 92 valence electrons. The van der Waals surface area contributed by atoms with Crippen molar-refractivity contribution in [3.8, 4) is 0 Å². The smallest absolute Gasteiger partial charge is 0.274 e. The molecule has 0 saturated heterocycles. The van der Waals surface area contributed by atoms with Crippen LogP contribution in [-0.4, -0.2) is 10.9 Å². The van der Waals surface area contributed by atoms with Crippen LogP contribution in [0.2, 0.25) is 0 Å². The summed E-state index contributed by atoms with van der Waals surface area (Å²) in [5.74, 6) is -1.11. The summed E-state index contributed by atoms with van der Waals surface area (Å²) >= 11 is 3.38. The number of anilines is 1. The van der Waals surface area contributed by atoms with Crippen molar-refractivity contribution in [2.75, 3.05) is 5.32 Å². The van der Waals surface area contributed by atoms with Gasteiger partial charge in [-0.05, 0) is 36.8 Å². The first kappa shape index (κ1) is 12.7. The van der Waals surface area contributed by atoms with Gasteiger partial charge in [-0.1, -0.05) is 28.1 Å². The maximum Gasteiger partial charge on any atom is 0.274 e. The average Bonchev–Trinajstić information content (AvgIpc) is 2.35. The summed E-state index contributed by atoms with van der Waals surface area (Å²) in [7, 11) is 0. The SMILES string of the molecule is Cc1c(Br)cccc1NC(=O)c1cccc(F)n1. The van der Waals surface area contributed by atoms with Gasteiger partial charge in [-0.2, -0.15) is 4.39 Å². The molecule has 0 aliphatic heterocycles. The van der Waals surface area contributed by atoms with Gasteiger partial charge in [0.2, 0.25) is 5.95 Å². The predicted octanol–water partition coefficient (Wildman–Crippen LogP) is 3.54. The minimum absolute atomic E-state index is 0.0503. The Kier molecular flexibility index (Phi) is 3.72. The van der Waals surface area contributed by atoms with Gasteiger partial charge in [0.15, 0.2) is 0 Å². The number of pyridine rings is 1. The van der Waals surface area contributed by atoms with Gasteiger partial charge in [-0.3, -0.25) is 4.79 Å². The number of rotatable bonds is 2. The predicted molar refractivity (Wildman–Crippen MR) is 71.0 cm³/mol. The number of hydrogen-bond donors (Lipinski definition) is 1. The molecule has 1 aromatic heterocycles. The molecule has 1 amide bonds. The molecule has 1 aromatic carbocycles. The number of halogens is 2. The third kappa shape index (κ3) is 2.73. The lowest BCUT2D eigenvalue weighted by molar-refractivity contribution is 0.102. The summed E-state index contributed by atoms with van der Waals surface area (Å²) in [6, 6.07) is 9.58. The highest BCUT2D eigenvalue weighted by Crippen LogP contribution is 2.23. The molecule has 0 fully saturated rings. The topological polar surface area (TPSA) is 42.0 Å². The van der Waals surface area contributed by atoms with Crippen LogP contribution in [0.4, 0.5) is 10.1 Å². The van der Waals surface area contributed by atoms with E-state index in [1.54, 1.807) is 6.07 Å². The molecule has 0 unspecified atom stereocenters. The molecule has 2 aromatic rings. The van der Waals surface area contributed by atoms with Crippen LogP contribution in [-0.2, 0) is 0 Å². The minimum atomic E-state index is -0.673. The van der Waals surface area contributed by atoms with E-state index in [9.17, 15) is 9.18 Å². The van der Waals surface area contributed by atoms with Crippen LogP contribution >= 0.6 is 15.9 Å². The summed E-state index contributed by atoms with van der Waals surface area (Å²) < 4.78 is 13.8. The second kappa shape index (κ2) is 5.27. The van der Waals surface area contributed by atoms with E-state index >= 15 is 0 Å². The highest BCUT2D eigenvalue weighted by atomic mass is 79.9. The standard InChI is InChI=1S/C13H10BrFN2O/c1-8-9(14)4-2-5-10(8)17-13(18)11-6-3-7-12(15)16-11/h2-7H,1H3,(H,17,18). The van der Waals surface area contributed by atoms with E-state index in [-0.39, 0.29) is 5.69 Å². The lowest BCUT2D eigenvalue weighted by atomic mass is 10.2. The number of nitrogens with one attached hydrogen (secondary N) is 1. The molecule has 0 saturated carbocycles. The normalized spacial score (nSPS) is 10.2. The van der Waals surface area contributed by atoms with E-state index in [2.05, 4.69) is 26.2 Å². The second-order valence-electron chi connectivity index (χ2n) is 3.71. The molecule has 1 N–H and O–H groups in total. The fraction of sp³-hybridized carbons (Fsp3) is 0.0769. The van der Waals surface area contributed by atoms with Crippen molar-refractivity contribution < 1.29 is 9.18 Å². The number of amides is 1. The molecule has 18 heavy (non-hydrogen) atoms. The number of aromatic nitrogens is 1. The van der Waals surface area contributed by atoms with Crippen molar-refractivity contribution in [1.29, 1.82) is 0 Å². The summed E-state index contributed by atoms with van der Waals surface area (Å²) in [5.41, 5.74) is 1.62. The molecule has 1 heterocycles. The summed E-state index contributed by atoms with van der Waals surface area (Å²) in [4.78, 5) is 15.4. The molecular formula is C13H10BrFN2O. The van der Waals surface area contributed by atoms with Crippen LogP contribution in [0.1, 0.15) is 16.1 Å². The number of nitrogens with zero attached hydrogens (tertiary/aromatic N) is 1. The zero-order valence-corrected chi connectivity index (χ0v) is 11.2. The summed E-state index contributed by atoms with van der Waals surface area (Å²) in [5, 5.41) is 2.70. The van der Waals surface area contributed by atoms with Gasteiger partial charge in [-0.25, -0.2) is 4.98 Å². The first-order valence-corrected chi connectivity index (χ1v) is 6.06. The monoisotopic (exact) mass is 308 g/mol. The third-order valence-electron chi connectivity index (χ3n) is 2.46. The number of benzene rings is 1. The van der Waals surface area contributed by atoms with Gasteiger partial charge in [0, 0.05) is 10.2 Å². The Morgan fingerprint density at radius 2 is 2.00 bits per heavy atom. The maximum atomic E-state index is 12.9.